The van der Waals surface area contributed by atoms with E-state index in [1.165, 1.54) is 5.56 Å². The molecule has 5 nitrogen and oxygen atoms in total. The first-order valence-electron chi connectivity index (χ1n) is 10.1. The number of carbonyl (C=O) groups excluding carboxylic acids is 1. The van der Waals surface area contributed by atoms with Gasteiger partial charge < -0.3 is 5.32 Å². The molecule has 1 aromatic heterocycles. The highest BCUT2D eigenvalue weighted by molar-refractivity contribution is 5.93. The Morgan fingerprint density at radius 1 is 1.14 bits per heavy atom. The van der Waals surface area contributed by atoms with E-state index in [2.05, 4.69) is 44.7 Å². The molecule has 4 rings (SSSR count). The number of carbonyl (C=O) groups is 1. The molecule has 0 radical (unpaired) electrons. The topological polar surface area (TPSA) is 61.0 Å². The van der Waals surface area contributed by atoms with E-state index >= 15 is 0 Å². The minimum Gasteiger partial charge on any atom is -0.326 e. The number of piperidine rings is 1. The molecule has 5 heteroatoms. The Morgan fingerprint density at radius 2 is 1.97 bits per heavy atom. The SMILES string of the molecule is O=C(Nc1ccc(-c2ccn[nH]2)cc1)[C@H]1CCCN(C/C=C/c2ccccc2)C1. The van der Waals surface area contributed by atoms with Crippen molar-refractivity contribution in [3.8, 4) is 11.3 Å². The van der Waals surface area contributed by atoms with E-state index in [-0.39, 0.29) is 11.8 Å². The number of nitrogens with one attached hydrogen (secondary N) is 2. The van der Waals surface area contributed by atoms with Crippen molar-refractivity contribution in [1.82, 2.24) is 15.1 Å². The summed E-state index contributed by atoms with van der Waals surface area (Å²) in [6, 6.07) is 20.1. The Kier molecular flexibility index (Phi) is 6.17. The van der Waals surface area contributed by atoms with Crippen molar-refractivity contribution in [3.05, 3.63) is 78.5 Å². The molecule has 1 aliphatic heterocycles. The first kappa shape index (κ1) is 19.2. The zero-order chi connectivity index (χ0) is 19.9. The van der Waals surface area contributed by atoms with E-state index in [1.54, 1.807) is 6.20 Å². The number of aromatic nitrogens is 2. The number of anilines is 1. The Morgan fingerprint density at radius 3 is 2.72 bits per heavy atom. The summed E-state index contributed by atoms with van der Waals surface area (Å²) in [6.07, 6.45) is 8.05. The highest BCUT2D eigenvalue weighted by Crippen LogP contribution is 2.21. The van der Waals surface area contributed by atoms with Crippen LogP contribution in [0.2, 0.25) is 0 Å². The number of hydrogen-bond donors (Lipinski definition) is 2. The second-order valence-corrected chi connectivity index (χ2v) is 7.45. The first-order valence-corrected chi connectivity index (χ1v) is 10.1. The number of aromatic amines is 1. The van der Waals surface area contributed by atoms with Gasteiger partial charge in [-0.15, -0.1) is 0 Å². The van der Waals surface area contributed by atoms with Crippen LogP contribution in [0.15, 0.2) is 72.9 Å². The van der Waals surface area contributed by atoms with Crippen LogP contribution in [0.25, 0.3) is 17.3 Å². The summed E-state index contributed by atoms with van der Waals surface area (Å²) < 4.78 is 0. The van der Waals surface area contributed by atoms with Crippen molar-refractivity contribution in [2.24, 2.45) is 5.92 Å². The normalized spacial score (nSPS) is 17.4. The molecule has 148 valence electrons. The van der Waals surface area contributed by atoms with Gasteiger partial charge >= 0.3 is 0 Å². The molecule has 1 saturated heterocycles. The van der Waals surface area contributed by atoms with Gasteiger partial charge in [0.2, 0.25) is 5.91 Å². The fraction of sp³-hybridized carbons (Fsp3) is 0.250. The van der Waals surface area contributed by atoms with Crippen LogP contribution in [0.3, 0.4) is 0 Å². The van der Waals surface area contributed by atoms with Gasteiger partial charge in [-0.3, -0.25) is 14.8 Å². The third-order valence-corrected chi connectivity index (χ3v) is 5.31. The third-order valence-electron chi connectivity index (χ3n) is 5.31. The smallest absolute Gasteiger partial charge is 0.228 e. The van der Waals surface area contributed by atoms with Gasteiger partial charge in [-0.2, -0.15) is 5.10 Å². The molecule has 2 N–H and O–H groups in total. The molecule has 2 aromatic carbocycles. The first-order chi connectivity index (χ1) is 14.3. The van der Waals surface area contributed by atoms with Gasteiger partial charge in [-0.1, -0.05) is 54.6 Å². The van der Waals surface area contributed by atoms with Crippen LogP contribution in [0.1, 0.15) is 18.4 Å². The maximum absolute atomic E-state index is 12.7. The van der Waals surface area contributed by atoms with Crippen molar-refractivity contribution in [2.45, 2.75) is 12.8 Å². The number of hydrogen-bond acceptors (Lipinski definition) is 3. The molecule has 3 aromatic rings. The van der Waals surface area contributed by atoms with E-state index in [4.69, 9.17) is 0 Å². The van der Waals surface area contributed by atoms with Gasteiger partial charge in [0.15, 0.2) is 0 Å². The maximum Gasteiger partial charge on any atom is 0.228 e. The molecule has 0 bridgehead atoms. The monoisotopic (exact) mass is 386 g/mol. The number of H-pyrrole nitrogens is 1. The van der Waals surface area contributed by atoms with E-state index in [0.29, 0.717) is 0 Å². The molecule has 1 amide bonds. The molecular formula is C24H26N4O. The third kappa shape index (κ3) is 5.21. The largest absolute Gasteiger partial charge is 0.326 e. The summed E-state index contributed by atoms with van der Waals surface area (Å²) in [5.74, 6) is 0.136. The molecule has 0 spiro atoms. The number of rotatable bonds is 6. The van der Waals surface area contributed by atoms with Gasteiger partial charge in [0.25, 0.3) is 0 Å². The Balaban J connectivity index is 1.30. The van der Waals surface area contributed by atoms with E-state index in [1.807, 2.05) is 48.5 Å². The Hall–Kier alpha value is -3.18. The lowest BCUT2D eigenvalue weighted by Crippen LogP contribution is -2.40. The number of nitrogens with zero attached hydrogens (tertiary/aromatic N) is 2. The van der Waals surface area contributed by atoms with Crippen molar-refractivity contribution < 1.29 is 4.79 Å². The second kappa shape index (κ2) is 9.34. The standard InChI is InChI=1S/C24H26N4O/c29-24(26-22-12-10-20(11-13-22)23-14-15-25-27-23)21-9-5-17-28(18-21)16-4-8-19-6-2-1-3-7-19/h1-4,6-8,10-15,21H,5,9,16-18H2,(H,25,27)(H,26,29)/b8-4+/t21-/m0/s1. The quantitative estimate of drug-likeness (QED) is 0.658. The Bertz CT molecular complexity index is 933. The minimum absolute atomic E-state index is 0.0289. The van der Waals surface area contributed by atoms with Gasteiger partial charge in [0.05, 0.1) is 11.6 Å². The van der Waals surface area contributed by atoms with Crippen molar-refractivity contribution >= 4 is 17.7 Å². The van der Waals surface area contributed by atoms with E-state index in [0.717, 1.165) is 49.4 Å². The molecule has 2 heterocycles. The average molecular weight is 386 g/mol. The summed E-state index contributed by atoms with van der Waals surface area (Å²) in [6.45, 7) is 2.72. The van der Waals surface area contributed by atoms with Crippen molar-refractivity contribution in [2.75, 3.05) is 25.0 Å². The van der Waals surface area contributed by atoms with Gasteiger partial charge in [0.1, 0.15) is 0 Å². The zero-order valence-electron chi connectivity index (χ0n) is 16.4. The molecule has 0 unspecified atom stereocenters. The van der Waals surface area contributed by atoms with E-state index in [9.17, 15) is 4.79 Å². The molecule has 1 atom stereocenters. The summed E-state index contributed by atoms with van der Waals surface area (Å²) in [4.78, 5) is 15.1. The fourth-order valence-electron chi connectivity index (χ4n) is 3.73. The summed E-state index contributed by atoms with van der Waals surface area (Å²) in [5.41, 5.74) is 4.06. The van der Waals surface area contributed by atoms with Crippen LogP contribution in [0.5, 0.6) is 0 Å². The van der Waals surface area contributed by atoms with Crippen LogP contribution in [0, 0.1) is 5.92 Å². The number of likely N-dealkylation sites (tertiary alicyclic amines) is 1. The lowest BCUT2D eigenvalue weighted by molar-refractivity contribution is -0.121. The molecular weight excluding hydrogens is 360 g/mol. The lowest BCUT2D eigenvalue weighted by atomic mass is 9.97. The maximum atomic E-state index is 12.7. The van der Waals surface area contributed by atoms with Gasteiger partial charge in [0, 0.05) is 25.0 Å². The van der Waals surface area contributed by atoms with Crippen LogP contribution in [-0.4, -0.2) is 40.6 Å². The number of amides is 1. The average Bonchev–Trinajstić information content (AvgIpc) is 3.30. The highest BCUT2D eigenvalue weighted by atomic mass is 16.1. The fourth-order valence-corrected chi connectivity index (χ4v) is 3.73. The minimum atomic E-state index is 0.0289. The van der Waals surface area contributed by atoms with Gasteiger partial charge in [-0.25, -0.2) is 0 Å². The van der Waals surface area contributed by atoms with Crippen LogP contribution in [0.4, 0.5) is 5.69 Å². The zero-order valence-corrected chi connectivity index (χ0v) is 16.4. The summed E-state index contributed by atoms with van der Waals surface area (Å²) >= 11 is 0. The van der Waals surface area contributed by atoms with Crippen LogP contribution in [-0.2, 0) is 4.79 Å². The summed E-state index contributed by atoms with van der Waals surface area (Å²) in [5, 5.41) is 10.00. The molecule has 29 heavy (non-hydrogen) atoms. The lowest BCUT2D eigenvalue weighted by Gasteiger charge is -2.31. The molecule has 0 saturated carbocycles. The van der Waals surface area contributed by atoms with Gasteiger partial charge in [-0.05, 0) is 48.7 Å². The highest BCUT2D eigenvalue weighted by Gasteiger charge is 2.25. The van der Waals surface area contributed by atoms with E-state index < -0.39 is 0 Å². The predicted octanol–water partition coefficient (Wildman–Crippen LogP) is 4.44. The predicted molar refractivity (Wildman–Crippen MR) is 117 cm³/mol. The van der Waals surface area contributed by atoms with Crippen molar-refractivity contribution in [1.29, 1.82) is 0 Å². The van der Waals surface area contributed by atoms with Crippen molar-refractivity contribution in [3.63, 3.8) is 0 Å². The number of benzene rings is 2. The van der Waals surface area contributed by atoms with Crippen LogP contribution >= 0.6 is 0 Å². The molecule has 1 aliphatic rings. The second-order valence-electron chi connectivity index (χ2n) is 7.45. The summed E-state index contributed by atoms with van der Waals surface area (Å²) in [7, 11) is 0. The molecule has 1 fully saturated rings. The molecule has 0 aliphatic carbocycles. The Labute approximate surface area is 171 Å². The van der Waals surface area contributed by atoms with Crippen LogP contribution < -0.4 is 5.32 Å².